The van der Waals surface area contributed by atoms with Gasteiger partial charge in [-0.25, -0.2) is 0 Å². The molecule has 1 aliphatic heterocycles. The number of aliphatic hydroxyl groups is 1. The highest BCUT2D eigenvalue weighted by molar-refractivity contribution is 4.71. The summed E-state index contributed by atoms with van der Waals surface area (Å²) in [5.74, 6) is 0.709. The van der Waals surface area contributed by atoms with Gasteiger partial charge in [0.2, 0.25) is 0 Å². The van der Waals surface area contributed by atoms with Gasteiger partial charge in [-0.15, -0.1) is 0 Å². The van der Waals surface area contributed by atoms with E-state index in [0.717, 1.165) is 45.8 Å². The van der Waals surface area contributed by atoms with Crippen LogP contribution in [0.3, 0.4) is 0 Å². The average molecular weight is 258 g/mol. The Bertz CT molecular complexity index is 194. The van der Waals surface area contributed by atoms with Crippen molar-refractivity contribution in [3.63, 3.8) is 0 Å². The van der Waals surface area contributed by atoms with E-state index < -0.39 is 0 Å². The third-order valence-corrected chi connectivity index (χ3v) is 3.31. The Morgan fingerprint density at radius 1 is 1.22 bits per heavy atom. The van der Waals surface area contributed by atoms with Crippen LogP contribution < -0.4 is 5.32 Å². The average Bonchev–Trinajstić information content (AvgIpc) is 2.80. The third-order valence-electron chi connectivity index (χ3n) is 3.31. The monoisotopic (exact) mass is 258 g/mol. The van der Waals surface area contributed by atoms with E-state index in [0.29, 0.717) is 12.5 Å². The number of β-amino-alcohol motifs (C(OH)–C–C–N with tert-alkyl or cyclic N) is 1. The highest BCUT2D eigenvalue weighted by Crippen LogP contribution is 2.07. The van der Waals surface area contributed by atoms with Crippen LogP contribution in [0.15, 0.2) is 0 Å². The van der Waals surface area contributed by atoms with Crippen molar-refractivity contribution in [1.82, 2.24) is 10.2 Å². The predicted molar refractivity (Wildman–Crippen MR) is 74.8 cm³/mol. The molecule has 0 spiro atoms. The van der Waals surface area contributed by atoms with E-state index >= 15 is 0 Å². The molecule has 0 bridgehead atoms. The van der Waals surface area contributed by atoms with E-state index in [4.69, 9.17) is 4.74 Å². The molecule has 1 rings (SSSR count). The first-order valence-corrected chi connectivity index (χ1v) is 7.37. The van der Waals surface area contributed by atoms with Gasteiger partial charge in [0.15, 0.2) is 0 Å². The number of ether oxygens (including phenoxy) is 1. The number of likely N-dealkylation sites (tertiary alicyclic amines) is 1. The first-order chi connectivity index (χ1) is 8.68. The molecule has 1 unspecified atom stereocenters. The van der Waals surface area contributed by atoms with Crippen molar-refractivity contribution in [2.24, 2.45) is 5.92 Å². The third kappa shape index (κ3) is 8.03. The summed E-state index contributed by atoms with van der Waals surface area (Å²) < 4.78 is 5.51. The second-order valence-corrected chi connectivity index (χ2v) is 5.66. The van der Waals surface area contributed by atoms with Gasteiger partial charge in [0.25, 0.3) is 0 Å². The van der Waals surface area contributed by atoms with Crippen molar-refractivity contribution >= 4 is 0 Å². The fraction of sp³-hybridized carbons (Fsp3) is 1.00. The minimum atomic E-state index is -0.251. The maximum absolute atomic E-state index is 9.84. The summed E-state index contributed by atoms with van der Waals surface area (Å²) in [6.07, 6.45) is 3.43. The summed E-state index contributed by atoms with van der Waals surface area (Å²) >= 11 is 0. The number of hydrogen-bond acceptors (Lipinski definition) is 4. The van der Waals surface area contributed by atoms with E-state index in [1.165, 1.54) is 12.8 Å². The van der Waals surface area contributed by atoms with Crippen LogP contribution in [0, 0.1) is 5.92 Å². The van der Waals surface area contributed by atoms with Crippen LogP contribution in [0.25, 0.3) is 0 Å². The minimum absolute atomic E-state index is 0.251. The summed E-state index contributed by atoms with van der Waals surface area (Å²) in [5.41, 5.74) is 0. The molecule has 0 aromatic carbocycles. The molecule has 0 saturated carbocycles. The molecule has 18 heavy (non-hydrogen) atoms. The van der Waals surface area contributed by atoms with Crippen LogP contribution in [0.4, 0.5) is 0 Å². The molecule has 0 aromatic heterocycles. The number of hydrogen-bond donors (Lipinski definition) is 2. The summed E-state index contributed by atoms with van der Waals surface area (Å²) in [4.78, 5) is 2.34. The Balaban J connectivity index is 1.84. The van der Waals surface area contributed by atoms with Gasteiger partial charge in [0, 0.05) is 26.2 Å². The molecule has 1 fully saturated rings. The van der Waals surface area contributed by atoms with Gasteiger partial charge in [0.05, 0.1) is 12.7 Å². The van der Waals surface area contributed by atoms with Crippen LogP contribution in [-0.2, 0) is 4.74 Å². The number of rotatable bonds is 10. The van der Waals surface area contributed by atoms with E-state index in [9.17, 15) is 5.11 Å². The summed E-state index contributed by atoms with van der Waals surface area (Å²) in [5, 5.41) is 13.1. The molecule has 1 saturated heterocycles. The van der Waals surface area contributed by atoms with Crippen LogP contribution in [0.5, 0.6) is 0 Å². The lowest BCUT2D eigenvalue weighted by molar-refractivity contribution is 0.107. The largest absolute Gasteiger partial charge is 0.390 e. The maximum Gasteiger partial charge on any atom is 0.0791 e. The van der Waals surface area contributed by atoms with Crippen molar-refractivity contribution < 1.29 is 9.84 Å². The van der Waals surface area contributed by atoms with Gasteiger partial charge in [0.1, 0.15) is 0 Å². The van der Waals surface area contributed by atoms with Gasteiger partial charge in [-0.1, -0.05) is 13.8 Å². The topological polar surface area (TPSA) is 44.7 Å². The summed E-state index contributed by atoms with van der Waals surface area (Å²) in [7, 11) is 0. The summed E-state index contributed by atoms with van der Waals surface area (Å²) in [6.45, 7) is 10.6. The number of nitrogens with zero attached hydrogens (tertiary/aromatic N) is 1. The Morgan fingerprint density at radius 2 is 1.94 bits per heavy atom. The normalized spacial score (nSPS) is 18.7. The zero-order valence-electron chi connectivity index (χ0n) is 12.0. The molecule has 1 aliphatic rings. The van der Waals surface area contributed by atoms with Crippen molar-refractivity contribution in [3.8, 4) is 0 Å². The van der Waals surface area contributed by atoms with Gasteiger partial charge in [-0.3, -0.25) is 0 Å². The molecule has 1 atom stereocenters. The lowest BCUT2D eigenvalue weighted by Crippen LogP contribution is -2.38. The molecule has 4 heteroatoms. The fourth-order valence-corrected chi connectivity index (χ4v) is 2.16. The quantitative estimate of drug-likeness (QED) is 0.576. The zero-order valence-corrected chi connectivity index (χ0v) is 12.0. The van der Waals surface area contributed by atoms with Gasteiger partial charge < -0.3 is 20.1 Å². The molecule has 108 valence electrons. The van der Waals surface area contributed by atoms with Crippen LogP contribution in [-0.4, -0.2) is 62.0 Å². The van der Waals surface area contributed by atoms with Gasteiger partial charge >= 0.3 is 0 Å². The van der Waals surface area contributed by atoms with Crippen molar-refractivity contribution in [1.29, 1.82) is 0 Å². The lowest BCUT2D eigenvalue weighted by atomic mass is 10.1. The van der Waals surface area contributed by atoms with E-state index in [-0.39, 0.29) is 6.10 Å². The molecular weight excluding hydrogens is 228 g/mol. The highest BCUT2D eigenvalue weighted by atomic mass is 16.5. The van der Waals surface area contributed by atoms with Crippen molar-refractivity contribution in [3.05, 3.63) is 0 Å². The SMILES string of the molecule is CC(C)CCOCCNCC(O)CN1CCCC1. The second kappa shape index (κ2) is 9.73. The Morgan fingerprint density at radius 3 is 2.61 bits per heavy atom. The van der Waals surface area contributed by atoms with E-state index in [1.807, 2.05) is 0 Å². The smallest absolute Gasteiger partial charge is 0.0791 e. The van der Waals surface area contributed by atoms with Crippen LogP contribution in [0.2, 0.25) is 0 Å². The fourth-order valence-electron chi connectivity index (χ4n) is 2.16. The lowest BCUT2D eigenvalue weighted by Gasteiger charge is -2.19. The maximum atomic E-state index is 9.84. The van der Waals surface area contributed by atoms with Crippen LogP contribution >= 0.6 is 0 Å². The Labute approximate surface area is 112 Å². The van der Waals surface area contributed by atoms with E-state index in [1.54, 1.807) is 0 Å². The molecule has 0 aliphatic carbocycles. The number of aliphatic hydroxyl groups excluding tert-OH is 1. The number of nitrogens with one attached hydrogen (secondary N) is 1. The molecule has 0 aromatic rings. The Hall–Kier alpha value is -0.160. The second-order valence-electron chi connectivity index (χ2n) is 5.66. The summed E-state index contributed by atoms with van der Waals surface area (Å²) in [6, 6.07) is 0. The van der Waals surface area contributed by atoms with Crippen LogP contribution in [0.1, 0.15) is 33.1 Å². The molecule has 1 heterocycles. The molecule has 0 amide bonds. The van der Waals surface area contributed by atoms with Crippen molar-refractivity contribution in [2.75, 3.05) is 45.9 Å². The predicted octanol–water partition coefficient (Wildman–Crippen LogP) is 1.10. The highest BCUT2D eigenvalue weighted by Gasteiger charge is 2.15. The first kappa shape index (κ1) is 15.9. The van der Waals surface area contributed by atoms with E-state index in [2.05, 4.69) is 24.1 Å². The van der Waals surface area contributed by atoms with Gasteiger partial charge in [-0.05, 0) is 38.3 Å². The molecule has 4 nitrogen and oxygen atoms in total. The Kier molecular flexibility index (Phi) is 8.59. The van der Waals surface area contributed by atoms with Crippen molar-refractivity contribution in [2.45, 2.75) is 39.2 Å². The standard InChI is InChI=1S/C14H30N2O2/c1-13(2)5-9-18-10-6-15-11-14(17)12-16-7-3-4-8-16/h13-15,17H,3-12H2,1-2H3. The zero-order chi connectivity index (χ0) is 13.2. The van der Waals surface area contributed by atoms with Gasteiger partial charge in [-0.2, -0.15) is 0 Å². The first-order valence-electron chi connectivity index (χ1n) is 7.37. The molecule has 0 radical (unpaired) electrons. The molecule has 2 N–H and O–H groups in total. The minimum Gasteiger partial charge on any atom is -0.390 e. The molecular formula is C14H30N2O2.